The van der Waals surface area contributed by atoms with E-state index < -0.39 is 42.4 Å². The average Bonchev–Trinajstić information content (AvgIpc) is 2.62. The van der Waals surface area contributed by atoms with E-state index in [0.29, 0.717) is 0 Å². The summed E-state index contributed by atoms with van der Waals surface area (Å²) in [5, 5.41) is 22.6. The molecule has 154 valence electrons. The fourth-order valence-corrected chi connectivity index (χ4v) is 2.41. The van der Waals surface area contributed by atoms with Gasteiger partial charge in [-0.15, -0.1) is 0 Å². The van der Waals surface area contributed by atoms with Crippen LogP contribution in [0, 0.1) is 5.92 Å². The Morgan fingerprint density at radius 3 is 2.18 bits per heavy atom. The van der Waals surface area contributed by atoms with Crippen LogP contribution in [0.1, 0.15) is 38.7 Å². The van der Waals surface area contributed by atoms with Crippen LogP contribution in [0.3, 0.4) is 0 Å². The summed E-state index contributed by atoms with van der Waals surface area (Å²) in [6.45, 7) is 3.71. The summed E-state index contributed by atoms with van der Waals surface area (Å²) in [5.41, 5.74) is 0.780. The lowest BCUT2D eigenvalue weighted by Gasteiger charge is -2.22. The van der Waals surface area contributed by atoms with Crippen molar-refractivity contribution in [3.8, 4) is 0 Å². The highest BCUT2D eigenvalue weighted by atomic mass is 16.5. The van der Waals surface area contributed by atoms with E-state index in [9.17, 15) is 24.3 Å². The van der Waals surface area contributed by atoms with Crippen molar-refractivity contribution in [1.82, 2.24) is 10.6 Å². The van der Waals surface area contributed by atoms with Gasteiger partial charge in [-0.05, 0) is 24.3 Å². The van der Waals surface area contributed by atoms with Gasteiger partial charge < -0.3 is 25.6 Å². The molecule has 0 aromatic heterocycles. The molecular formula is C19H26N2O7. The van der Waals surface area contributed by atoms with E-state index >= 15 is 0 Å². The van der Waals surface area contributed by atoms with Crippen molar-refractivity contribution in [2.45, 2.75) is 51.8 Å². The predicted molar refractivity (Wildman–Crippen MR) is 99.4 cm³/mol. The van der Waals surface area contributed by atoms with Crippen LogP contribution in [0.2, 0.25) is 0 Å². The first kappa shape index (κ1) is 22.9. The Balaban J connectivity index is 2.68. The molecule has 0 bridgehead atoms. The summed E-state index contributed by atoms with van der Waals surface area (Å²) in [4.78, 5) is 46.4. The molecule has 0 aliphatic heterocycles. The highest BCUT2D eigenvalue weighted by Crippen LogP contribution is 2.08. The molecule has 0 saturated carbocycles. The Bertz CT molecular complexity index is 676. The molecule has 9 nitrogen and oxygen atoms in total. The maximum absolute atomic E-state index is 12.5. The molecule has 0 radical (unpaired) electrons. The summed E-state index contributed by atoms with van der Waals surface area (Å²) < 4.78 is 5.10. The molecule has 9 heteroatoms. The van der Waals surface area contributed by atoms with Gasteiger partial charge in [0.05, 0.1) is 0 Å². The van der Waals surface area contributed by atoms with Gasteiger partial charge in [-0.3, -0.25) is 9.59 Å². The van der Waals surface area contributed by atoms with Crippen molar-refractivity contribution in [3.05, 3.63) is 35.9 Å². The van der Waals surface area contributed by atoms with Crippen LogP contribution in [0.15, 0.2) is 30.3 Å². The summed E-state index contributed by atoms with van der Waals surface area (Å²) in [5.74, 6) is -3.18. The zero-order valence-electron chi connectivity index (χ0n) is 15.9. The molecule has 0 unspecified atom stereocenters. The lowest BCUT2D eigenvalue weighted by Crippen LogP contribution is -2.52. The summed E-state index contributed by atoms with van der Waals surface area (Å²) >= 11 is 0. The second-order valence-corrected chi connectivity index (χ2v) is 6.72. The van der Waals surface area contributed by atoms with Crippen molar-refractivity contribution >= 4 is 23.9 Å². The molecule has 0 aliphatic rings. The number of aliphatic carboxylic acids is 2. The summed E-state index contributed by atoms with van der Waals surface area (Å²) in [6.07, 6.45) is -1.21. The maximum Gasteiger partial charge on any atom is 0.408 e. The van der Waals surface area contributed by atoms with Crippen LogP contribution in [-0.4, -0.2) is 46.2 Å². The minimum atomic E-state index is -1.36. The van der Waals surface area contributed by atoms with E-state index in [0.717, 1.165) is 5.56 Å². The van der Waals surface area contributed by atoms with Gasteiger partial charge in [0.25, 0.3) is 0 Å². The lowest BCUT2D eigenvalue weighted by molar-refractivity contribution is -0.143. The number of hydrogen-bond donors (Lipinski definition) is 4. The standard InChI is InChI=1S/C19H26N2O7/c1-12(2)10-15(17(24)20-14(18(25)26)8-9-16(22)23)21-19(27)28-11-13-6-4-3-5-7-13/h3-7,12,14-15H,8-11H2,1-2H3,(H,20,24)(H,21,27)(H,22,23)(H,25,26)/t14-,15-/m0/s1. The van der Waals surface area contributed by atoms with Crippen molar-refractivity contribution in [2.24, 2.45) is 5.92 Å². The molecule has 0 spiro atoms. The molecule has 1 aromatic carbocycles. The zero-order chi connectivity index (χ0) is 21.1. The Labute approximate surface area is 163 Å². The van der Waals surface area contributed by atoms with Crippen LogP contribution in [0.5, 0.6) is 0 Å². The predicted octanol–water partition coefficient (Wildman–Crippen LogP) is 1.76. The van der Waals surface area contributed by atoms with E-state index in [-0.39, 0.29) is 25.4 Å². The number of benzene rings is 1. The number of nitrogens with one attached hydrogen (secondary N) is 2. The minimum Gasteiger partial charge on any atom is -0.481 e. The Morgan fingerprint density at radius 1 is 1.00 bits per heavy atom. The van der Waals surface area contributed by atoms with Gasteiger partial charge in [-0.25, -0.2) is 9.59 Å². The molecule has 0 aliphatic carbocycles. The summed E-state index contributed by atoms with van der Waals surface area (Å²) in [7, 11) is 0. The number of carbonyl (C=O) groups excluding carboxylic acids is 2. The average molecular weight is 394 g/mol. The number of carbonyl (C=O) groups is 4. The van der Waals surface area contributed by atoms with E-state index in [2.05, 4.69) is 10.6 Å². The van der Waals surface area contributed by atoms with Gasteiger partial charge in [-0.2, -0.15) is 0 Å². The minimum absolute atomic E-state index is 0.0268. The topological polar surface area (TPSA) is 142 Å². The smallest absolute Gasteiger partial charge is 0.408 e. The number of amides is 2. The molecule has 1 aromatic rings. The molecule has 1 rings (SSSR count). The van der Waals surface area contributed by atoms with Gasteiger partial charge in [0.1, 0.15) is 18.7 Å². The Morgan fingerprint density at radius 2 is 1.64 bits per heavy atom. The van der Waals surface area contributed by atoms with Crippen molar-refractivity contribution < 1.29 is 34.1 Å². The molecule has 0 heterocycles. The molecule has 0 fully saturated rings. The van der Waals surface area contributed by atoms with Gasteiger partial charge in [-0.1, -0.05) is 44.2 Å². The zero-order valence-corrected chi connectivity index (χ0v) is 15.9. The number of rotatable bonds is 11. The molecular weight excluding hydrogens is 368 g/mol. The van der Waals surface area contributed by atoms with Gasteiger partial charge >= 0.3 is 18.0 Å². The molecule has 0 saturated heterocycles. The highest BCUT2D eigenvalue weighted by Gasteiger charge is 2.27. The number of alkyl carbamates (subject to hydrolysis) is 1. The normalized spacial score (nSPS) is 12.7. The molecule has 2 atom stereocenters. The maximum atomic E-state index is 12.5. The van der Waals surface area contributed by atoms with Crippen LogP contribution in [-0.2, 0) is 25.7 Å². The fraction of sp³-hybridized carbons (Fsp3) is 0.474. The largest absolute Gasteiger partial charge is 0.481 e. The summed E-state index contributed by atoms with van der Waals surface area (Å²) in [6, 6.07) is 6.63. The van der Waals surface area contributed by atoms with E-state index in [1.807, 2.05) is 19.9 Å². The van der Waals surface area contributed by atoms with Crippen LogP contribution < -0.4 is 10.6 Å². The number of carboxylic acid groups (broad SMARTS) is 2. The SMILES string of the molecule is CC(C)C[C@H](NC(=O)OCc1ccccc1)C(=O)N[C@@H](CCC(=O)O)C(=O)O. The van der Waals surface area contributed by atoms with E-state index in [1.54, 1.807) is 24.3 Å². The van der Waals surface area contributed by atoms with Gasteiger partial charge in [0.15, 0.2) is 0 Å². The van der Waals surface area contributed by atoms with Crippen molar-refractivity contribution in [2.75, 3.05) is 0 Å². The fourth-order valence-electron chi connectivity index (χ4n) is 2.41. The third-order valence-corrected chi connectivity index (χ3v) is 3.79. The lowest BCUT2D eigenvalue weighted by atomic mass is 10.0. The first-order valence-electron chi connectivity index (χ1n) is 8.91. The third-order valence-electron chi connectivity index (χ3n) is 3.79. The van der Waals surface area contributed by atoms with Crippen LogP contribution in [0.4, 0.5) is 4.79 Å². The van der Waals surface area contributed by atoms with E-state index in [1.165, 1.54) is 0 Å². The molecule has 28 heavy (non-hydrogen) atoms. The van der Waals surface area contributed by atoms with Gasteiger partial charge in [0, 0.05) is 6.42 Å². The van der Waals surface area contributed by atoms with Crippen molar-refractivity contribution in [3.63, 3.8) is 0 Å². The quantitative estimate of drug-likeness (QED) is 0.448. The molecule has 2 amide bonds. The Kier molecular flexibility index (Phi) is 9.49. The monoisotopic (exact) mass is 394 g/mol. The number of carboxylic acids is 2. The highest BCUT2D eigenvalue weighted by molar-refractivity contribution is 5.89. The second-order valence-electron chi connectivity index (χ2n) is 6.72. The first-order valence-corrected chi connectivity index (χ1v) is 8.91. The van der Waals surface area contributed by atoms with Crippen LogP contribution in [0.25, 0.3) is 0 Å². The first-order chi connectivity index (χ1) is 13.2. The Hall–Kier alpha value is -3.10. The third kappa shape index (κ3) is 9.02. The molecule has 4 N–H and O–H groups in total. The van der Waals surface area contributed by atoms with Gasteiger partial charge in [0.2, 0.25) is 5.91 Å². The number of hydrogen-bond acceptors (Lipinski definition) is 5. The van der Waals surface area contributed by atoms with Crippen LogP contribution >= 0.6 is 0 Å². The van der Waals surface area contributed by atoms with Crippen molar-refractivity contribution in [1.29, 1.82) is 0 Å². The number of ether oxygens (including phenoxy) is 1. The second kappa shape index (κ2) is 11.6. The van der Waals surface area contributed by atoms with E-state index in [4.69, 9.17) is 9.84 Å².